The van der Waals surface area contributed by atoms with Gasteiger partial charge in [0.25, 0.3) is 0 Å². The average Bonchev–Trinajstić information content (AvgIpc) is 2.66. The van der Waals surface area contributed by atoms with Crippen LogP contribution in [0.3, 0.4) is 0 Å². The van der Waals surface area contributed by atoms with Crippen LogP contribution in [-0.2, 0) is 0 Å². The van der Waals surface area contributed by atoms with Gasteiger partial charge >= 0.3 is 0 Å². The number of nitrogens with one attached hydrogen (secondary N) is 1. The summed E-state index contributed by atoms with van der Waals surface area (Å²) < 4.78 is 0. The fraction of sp³-hybridized carbons (Fsp3) is 0.429. The fourth-order valence-electron chi connectivity index (χ4n) is 3.77. The highest BCUT2D eigenvalue weighted by Crippen LogP contribution is 2.49. The molecule has 0 aliphatic carbocycles. The molecule has 2 aliphatic heterocycles. The van der Waals surface area contributed by atoms with Crippen LogP contribution in [0, 0.1) is 5.92 Å². The summed E-state index contributed by atoms with van der Waals surface area (Å²) in [4.78, 5) is 6.63. The Kier molecular flexibility index (Phi) is 5.30. The summed E-state index contributed by atoms with van der Waals surface area (Å²) >= 11 is 3.72. The zero-order valence-corrected chi connectivity index (χ0v) is 16.6. The van der Waals surface area contributed by atoms with Crippen LogP contribution in [0.2, 0.25) is 0 Å². The van der Waals surface area contributed by atoms with Gasteiger partial charge in [0.1, 0.15) is 0 Å². The number of piperidine rings is 1. The third-order valence-corrected chi connectivity index (χ3v) is 7.15. The highest BCUT2D eigenvalue weighted by atomic mass is 32.2. The Balaban J connectivity index is 1.59. The molecule has 4 rings (SSSR count). The minimum atomic E-state index is 0.658. The first-order valence-corrected chi connectivity index (χ1v) is 11.2. The lowest BCUT2D eigenvalue weighted by Gasteiger charge is -2.35. The Morgan fingerprint density at radius 3 is 2.76 bits per heavy atom. The molecule has 2 aliphatic rings. The van der Waals surface area contributed by atoms with Gasteiger partial charge in [-0.3, -0.25) is 0 Å². The number of hydrogen-bond donors (Lipinski definition) is 1. The van der Waals surface area contributed by atoms with Crippen molar-refractivity contribution in [3.8, 4) is 0 Å². The van der Waals surface area contributed by atoms with Crippen LogP contribution in [0.4, 0.5) is 11.4 Å². The summed E-state index contributed by atoms with van der Waals surface area (Å²) in [5.74, 6) is 0.827. The highest BCUT2D eigenvalue weighted by molar-refractivity contribution is 8.00. The van der Waals surface area contributed by atoms with Crippen molar-refractivity contribution in [1.82, 2.24) is 5.32 Å². The van der Waals surface area contributed by atoms with Crippen molar-refractivity contribution < 1.29 is 0 Å². The van der Waals surface area contributed by atoms with Gasteiger partial charge in [0, 0.05) is 27.3 Å². The molecule has 1 fully saturated rings. The molecule has 2 aromatic rings. The van der Waals surface area contributed by atoms with Gasteiger partial charge in [-0.25, -0.2) is 0 Å². The zero-order valence-electron chi connectivity index (χ0n) is 15.0. The Labute approximate surface area is 159 Å². The summed E-state index contributed by atoms with van der Waals surface area (Å²) in [6, 6.07) is 16.4. The van der Waals surface area contributed by atoms with Crippen LogP contribution in [0.1, 0.15) is 26.2 Å². The van der Waals surface area contributed by atoms with Gasteiger partial charge in [0.15, 0.2) is 0 Å². The molecule has 2 unspecified atom stereocenters. The molecule has 0 aromatic heterocycles. The molecular weight excluding hydrogens is 344 g/mol. The maximum absolute atomic E-state index is 3.74. The second-order valence-corrected chi connectivity index (χ2v) is 9.09. The Bertz CT molecular complexity index is 738. The smallest absolute Gasteiger partial charge is 0.0564 e. The molecule has 4 heteroatoms. The second kappa shape index (κ2) is 7.65. The van der Waals surface area contributed by atoms with E-state index in [0.717, 1.165) is 12.5 Å². The molecule has 132 valence electrons. The third kappa shape index (κ3) is 3.71. The third-order valence-electron chi connectivity index (χ3n) is 5.30. The first-order valence-electron chi connectivity index (χ1n) is 9.20. The second-order valence-electron chi connectivity index (χ2n) is 7.13. The van der Waals surface area contributed by atoms with E-state index in [4.69, 9.17) is 0 Å². The molecule has 0 bridgehead atoms. The number of benzene rings is 2. The minimum absolute atomic E-state index is 0.658. The predicted octanol–water partition coefficient (Wildman–Crippen LogP) is 5.79. The van der Waals surface area contributed by atoms with Gasteiger partial charge in [0.05, 0.1) is 11.4 Å². The van der Waals surface area contributed by atoms with E-state index in [1.54, 1.807) is 0 Å². The quantitative estimate of drug-likeness (QED) is 0.685. The number of fused-ring (bicyclic) bond motifs is 2. The standard InChI is InChI=1S/C21H26N2S2/c1-15-7-8-16(22-14-15)11-12-23-18-5-3-4-6-20(18)25-21-10-9-17(24-2)13-19(21)23/h3-6,9-10,13,15-16,22H,7-8,11-12,14H2,1-2H3. The molecular formula is C21H26N2S2. The van der Waals surface area contributed by atoms with Gasteiger partial charge in [-0.05, 0) is 68.3 Å². The first-order chi connectivity index (χ1) is 12.2. The van der Waals surface area contributed by atoms with E-state index in [9.17, 15) is 0 Å². The van der Waals surface area contributed by atoms with E-state index < -0.39 is 0 Å². The number of rotatable bonds is 4. The fourth-order valence-corrected chi connectivity index (χ4v) is 5.28. The zero-order chi connectivity index (χ0) is 17.2. The maximum atomic E-state index is 3.74. The summed E-state index contributed by atoms with van der Waals surface area (Å²) in [5, 5.41) is 3.74. The molecule has 0 radical (unpaired) electrons. The molecule has 2 atom stereocenters. The lowest BCUT2D eigenvalue weighted by atomic mass is 9.94. The van der Waals surface area contributed by atoms with E-state index in [1.807, 2.05) is 23.5 Å². The molecule has 0 amide bonds. The Morgan fingerprint density at radius 1 is 1.12 bits per heavy atom. The molecule has 25 heavy (non-hydrogen) atoms. The van der Waals surface area contributed by atoms with E-state index in [-0.39, 0.29) is 0 Å². The van der Waals surface area contributed by atoms with Crippen LogP contribution < -0.4 is 10.2 Å². The van der Waals surface area contributed by atoms with Gasteiger partial charge in [-0.1, -0.05) is 30.8 Å². The molecule has 2 heterocycles. The molecule has 0 spiro atoms. The minimum Gasteiger partial charge on any atom is -0.340 e. The first kappa shape index (κ1) is 17.3. The summed E-state index contributed by atoms with van der Waals surface area (Å²) in [6.07, 6.45) is 6.03. The van der Waals surface area contributed by atoms with Crippen LogP contribution >= 0.6 is 23.5 Å². The van der Waals surface area contributed by atoms with E-state index in [1.165, 1.54) is 51.9 Å². The SMILES string of the molecule is CSc1ccc2c(c1)N(CCC1CCC(C)CN1)c1ccccc1S2. The van der Waals surface area contributed by atoms with E-state index in [2.05, 4.69) is 65.9 Å². The lowest BCUT2D eigenvalue weighted by molar-refractivity contribution is 0.318. The maximum Gasteiger partial charge on any atom is 0.0564 e. The van der Waals surface area contributed by atoms with E-state index >= 15 is 0 Å². The van der Waals surface area contributed by atoms with Crippen LogP contribution in [-0.4, -0.2) is 25.4 Å². The predicted molar refractivity (Wildman–Crippen MR) is 111 cm³/mol. The number of hydrogen-bond acceptors (Lipinski definition) is 4. The number of thioether (sulfide) groups is 1. The van der Waals surface area contributed by atoms with Gasteiger partial charge in [-0.15, -0.1) is 11.8 Å². The number of para-hydroxylation sites is 1. The monoisotopic (exact) mass is 370 g/mol. The van der Waals surface area contributed by atoms with Gasteiger partial charge in [-0.2, -0.15) is 0 Å². The van der Waals surface area contributed by atoms with Crippen molar-refractivity contribution in [2.24, 2.45) is 5.92 Å². The van der Waals surface area contributed by atoms with Crippen molar-refractivity contribution in [2.75, 3.05) is 24.2 Å². The topological polar surface area (TPSA) is 15.3 Å². The van der Waals surface area contributed by atoms with Gasteiger partial charge in [0.2, 0.25) is 0 Å². The van der Waals surface area contributed by atoms with E-state index in [0.29, 0.717) is 6.04 Å². The highest BCUT2D eigenvalue weighted by Gasteiger charge is 2.25. The normalized spacial score (nSPS) is 22.4. The average molecular weight is 371 g/mol. The van der Waals surface area contributed by atoms with Crippen LogP contribution in [0.5, 0.6) is 0 Å². The summed E-state index contributed by atoms with van der Waals surface area (Å²) in [6.45, 7) is 4.60. The van der Waals surface area contributed by atoms with Gasteiger partial charge < -0.3 is 10.2 Å². The number of nitrogens with zero attached hydrogens (tertiary/aromatic N) is 1. The molecule has 1 saturated heterocycles. The van der Waals surface area contributed by atoms with Crippen molar-refractivity contribution >= 4 is 34.9 Å². The Morgan fingerprint density at radius 2 is 1.96 bits per heavy atom. The molecule has 2 aromatic carbocycles. The van der Waals surface area contributed by atoms with Crippen molar-refractivity contribution in [1.29, 1.82) is 0 Å². The largest absolute Gasteiger partial charge is 0.340 e. The summed E-state index contributed by atoms with van der Waals surface area (Å²) in [5.41, 5.74) is 2.74. The van der Waals surface area contributed by atoms with Crippen molar-refractivity contribution in [2.45, 2.75) is 46.9 Å². The number of anilines is 2. The Hall–Kier alpha value is -1.10. The van der Waals surface area contributed by atoms with Crippen LogP contribution in [0.15, 0.2) is 57.2 Å². The molecule has 0 saturated carbocycles. The molecule has 1 N–H and O–H groups in total. The summed E-state index contributed by atoms with van der Waals surface area (Å²) in [7, 11) is 0. The van der Waals surface area contributed by atoms with Crippen molar-refractivity contribution in [3.63, 3.8) is 0 Å². The van der Waals surface area contributed by atoms with Crippen molar-refractivity contribution in [3.05, 3.63) is 42.5 Å². The lowest BCUT2D eigenvalue weighted by Crippen LogP contribution is -2.40. The van der Waals surface area contributed by atoms with Crippen LogP contribution in [0.25, 0.3) is 0 Å². The molecule has 2 nitrogen and oxygen atoms in total.